The van der Waals surface area contributed by atoms with Gasteiger partial charge in [-0.25, -0.2) is 4.98 Å². The number of benzene rings is 3. The lowest BCUT2D eigenvalue weighted by Crippen LogP contribution is -2.25. The molecule has 0 radical (unpaired) electrons. The highest BCUT2D eigenvalue weighted by Gasteiger charge is 2.35. The number of hydrogen-bond donors (Lipinski definition) is 0. The molecule has 4 nitrogen and oxygen atoms in total. The number of imidazole rings is 1. The number of nitrogens with zero attached hydrogens (tertiary/aromatic N) is 3. The summed E-state index contributed by atoms with van der Waals surface area (Å²) in [4.78, 5) is 20.0. The summed E-state index contributed by atoms with van der Waals surface area (Å²) in [5.41, 5.74) is 7.94. The highest BCUT2D eigenvalue weighted by molar-refractivity contribution is 5.97. The molecular formula is C27H27N3O. The Labute approximate surface area is 183 Å². The Morgan fingerprint density at radius 2 is 1.74 bits per heavy atom. The van der Waals surface area contributed by atoms with E-state index in [0.717, 1.165) is 34.7 Å². The first-order valence-corrected chi connectivity index (χ1v) is 10.9. The number of aryl methyl sites for hydroxylation is 3. The van der Waals surface area contributed by atoms with Crippen molar-refractivity contribution in [3.8, 4) is 0 Å². The lowest BCUT2D eigenvalue weighted by Gasteiger charge is -2.20. The van der Waals surface area contributed by atoms with Crippen molar-refractivity contribution in [2.75, 3.05) is 11.4 Å². The molecule has 0 bridgehead atoms. The van der Waals surface area contributed by atoms with Gasteiger partial charge in [0.25, 0.3) is 0 Å². The first-order chi connectivity index (χ1) is 15.0. The Morgan fingerprint density at radius 3 is 2.58 bits per heavy atom. The predicted octanol–water partition coefficient (Wildman–Crippen LogP) is 5.53. The van der Waals surface area contributed by atoms with Crippen LogP contribution in [0.3, 0.4) is 0 Å². The lowest BCUT2D eigenvalue weighted by molar-refractivity contribution is -0.117. The zero-order valence-corrected chi connectivity index (χ0v) is 18.3. The van der Waals surface area contributed by atoms with Gasteiger partial charge in [-0.3, -0.25) is 4.79 Å². The van der Waals surface area contributed by atoms with Gasteiger partial charge >= 0.3 is 0 Å². The maximum absolute atomic E-state index is 13.0. The van der Waals surface area contributed by atoms with Crippen LogP contribution >= 0.6 is 0 Å². The zero-order chi connectivity index (χ0) is 21.5. The minimum absolute atomic E-state index is 0.0737. The Balaban J connectivity index is 1.54. The molecule has 1 amide bonds. The molecule has 1 aliphatic rings. The van der Waals surface area contributed by atoms with Crippen molar-refractivity contribution in [1.29, 1.82) is 0 Å². The maximum Gasteiger partial charge on any atom is 0.227 e. The van der Waals surface area contributed by atoms with Crippen molar-refractivity contribution in [3.05, 3.63) is 94.8 Å². The number of hydrogen-bond acceptors (Lipinski definition) is 2. The molecule has 1 fully saturated rings. The van der Waals surface area contributed by atoms with E-state index < -0.39 is 0 Å². The second-order valence-electron chi connectivity index (χ2n) is 8.73. The van der Waals surface area contributed by atoms with Crippen molar-refractivity contribution in [3.63, 3.8) is 0 Å². The molecule has 1 unspecified atom stereocenters. The van der Waals surface area contributed by atoms with Crippen molar-refractivity contribution < 1.29 is 4.79 Å². The molecule has 5 rings (SSSR count). The van der Waals surface area contributed by atoms with E-state index in [1.165, 1.54) is 16.7 Å². The van der Waals surface area contributed by atoms with Gasteiger partial charge in [-0.2, -0.15) is 0 Å². The summed E-state index contributed by atoms with van der Waals surface area (Å²) in [7, 11) is 0. The summed E-state index contributed by atoms with van der Waals surface area (Å²) in [5, 5.41) is 0. The lowest BCUT2D eigenvalue weighted by atomic mass is 10.1. The van der Waals surface area contributed by atoms with E-state index in [1.807, 2.05) is 11.0 Å². The van der Waals surface area contributed by atoms with E-state index in [9.17, 15) is 4.79 Å². The van der Waals surface area contributed by atoms with Crippen molar-refractivity contribution in [1.82, 2.24) is 9.55 Å². The Morgan fingerprint density at radius 1 is 0.935 bits per heavy atom. The van der Waals surface area contributed by atoms with Crippen molar-refractivity contribution >= 4 is 22.6 Å². The van der Waals surface area contributed by atoms with Crippen LogP contribution in [0.4, 0.5) is 5.69 Å². The SMILES string of the molecule is Cc1cccc(Cn2c(C3CC(=O)N(c4cc(C)ccc4C)C3)nc3ccccc32)c1. The Kier molecular flexibility index (Phi) is 4.85. The second kappa shape index (κ2) is 7.69. The maximum atomic E-state index is 13.0. The summed E-state index contributed by atoms with van der Waals surface area (Å²) in [5.74, 6) is 1.25. The monoisotopic (exact) mass is 409 g/mol. The van der Waals surface area contributed by atoms with E-state index in [4.69, 9.17) is 4.98 Å². The molecule has 156 valence electrons. The minimum atomic E-state index is 0.0737. The Bertz CT molecular complexity index is 1290. The van der Waals surface area contributed by atoms with Crippen molar-refractivity contribution in [2.45, 2.75) is 39.7 Å². The fourth-order valence-electron chi connectivity index (χ4n) is 4.69. The van der Waals surface area contributed by atoms with Gasteiger partial charge in [-0.05, 0) is 55.7 Å². The number of anilines is 1. The summed E-state index contributed by atoms with van der Waals surface area (Å²) >= 11 is 0. The minimum Gasteiger partial charge on any atom is -0.323 e. The molecule has 4 aromatic rings. The molecule has 3 aromatic carbocycles. The summed E-state index contributed by atoms with van der Waals surface area (Å²) in [6, 6.07) is 23.2. The molecule has 0 saturated carbocycles. The molecular weight excluding hydrogens is 382 g/mol. The normalized spacial score (nSPS) is 16.4. The predicted molar refractivity (Wildman–Crippen MR) is 126 cm³/mol. The van der Waals surface area contributed by atoms with E-state index >= 15 is 0 Å². The van der Waals surface area contributed by atoms with Crippen LogP contribution in [0.15, 0.2) is 66.7 Å². The molecule has 2 heterocycles. The third kappa shape index (κ3) is 3.63. The van der Waals surface area contributed by atoms with Gasteiger partial charge < -0.3 is 9.47 Å². The van der Waals surface area contributed by atoms with E-state index in [-0.39, 0.29) is 11.8 Å². The number of rotatable bonds is 4. The van der Waals surface area contributed by atoms with Crippen LogP contribution < -0.4 is 4.90 Å². The van der Waals surface area contributed by atoms with Crippen LogP contribution in [0.5, 0.6) is 0 Å². The molecule has 0 spiro atoms. The van der Waals surface area contributed by atoms with E-state index in [1.54, 1.807) is 0 Å². The number of fused-ring (bicyclic) bond motifs is 1. The van der Waals surface area contributed by atoms with Gasteiger partial charge in [-0.1, -0.05) is 54.1 Å². The average molecular weight is 410 g/mol. The highest BCUT2D eigenvalue weighted by atomic mass is 16.2. The summed E-state index contributed by atoms with van der Waals surface area (Å²) in [6.07, 6.45) is 0.491. The van der Waals surface area contributed by atoms with Crippen LogP contribution in [0, 0.1) is 20.8 Å². The molecule has 0 N–H and O–H groups in total. The smallest absolute Gasteiger partial charge is 0.227 e. The Hall–Kier alpha value is -3.40. The fourth-order valence-corrected chi connectivity index (χ4v) is 4.69. The molecule has 0 aliphatic carbocycles. The molecule has 1 saturated heterocycles. The number of para-hydroxylation sites is 2. The summed E-state index contributed by atoms with van der Waals surface area (Å²) in [6.45, 7) is 7.69. The number of carbonyl (C=O) groups is 1. The zero-order valence-electron chi connectivity index (χ0n) is 18.3. The van der Waals surface area contributed by atoms with Crippen LogP contribution in [0.2, 0.25) is 0 Å². The van der Waals surface area contributed by atoms with Gasteiger partial charge in [0.1, 0.15) is 5.82 Å². The first kappa shape index (κ1) is 19.6. The van der Waals surface area contributed by atoms with Gasteiger partial charge in [0, 0.05) is 31.1 Å². The van der Waals surface area contributed by atoms with E-state index in [0.29, 0.717) is 13.0 Å². The summed E-state index contributed by atoms with van der Waals surface area (Å²) < 4.78 is 2.30. The number of carbonyl (C=O) groups excluding carboxylic acids is 1. The molecule has 31 heavy (non-hydrogen) atoms. The van der Waals surface area contributed by atoms with E-state index in [2.05, 4.69) is 86.0 Å². The highest BCUT2D eigenvalue weighted by Crippen LogP contribution is 2.35. The van der Waals surface area contributed by atoms with Crippen LogP contribution in [0.25, 0.3) is 11.0 Å². The number of amides is 1. The standard InChI is InChI=1S/C27H27N3O/c1-18-7-6-8-21(13-18)16-30-24-10-5-4-9-23(24)28-27(30)22-15-26(31)29(17-22)25-14-19(2)11-12-20(25)3/h4-14,22H,15-17H2,1-3H3. The third-order valence-electron chi connectivity index (χ3n) is 6.25. The van der Waals surface area contributed by atoms with Gasteiger partial charge in [0.15, 0.2) is 0 Å². The first-order valence-electron chi connectivity index (χ1n) is 10.9. The second-order valence-corrected chi connectivity index (χ2v) is 8.73. The van der Waals surface area contributed by atoms with Gasteiger partial charge in [0.05, 0.1) is 11.0 Å². The van der Waals surface area contributed by atoms with Crippen molar-refractivity contribution in [2.24, 2.45) is 0 Å². The largest absolute Gasteiger partial charge is 0.323 e. The average Bonchev–Trinajstić information content (AvgIpc) is 3.31. The quantitative estimate of drug-likeness (QED) is 0.444. The topological polar surface area (TPSA) is 38.1 Å². The van der Waals surface area contributed by atoms with Gasteiger partial charge in [-0.15, -0.1) is 0 Å². The van der Waals surface area contributed by atoms with Gasteiger partial charge in [0.2, 0.25) is 5.91 Å². The van der Waals surface area contributed by atoms with Crippen LogP contribution in [-0.4, -0.2) is 22.0 Å². The number of aromatic nitrogens is 2. The van der Waals surface area contributed by atoms with Crippen LogP contribution in [-0.2, 0) is 11.3 Å². The molecule has 4 heteroatoms. The molecule has 1 atom stereocenters. The molecule has 1 aliphatic heterocycles. The van der Waals surface area contributed by atoms with Crippen LogP contribution in [0.1, 0.15) is 40.4 Å². The third-order valence-corrected chi connectivity index (χ3v) is 6.25. The molecule has 1 aromatic heterocycles. The fraction of sp³-hybridized carbons (Fsp3) is 0.259.